The Kier molecular flexibility index (Phi) is 9.89. The Hall–Kier alpha value is -2.96. The van der Waals surface area contributed by atoms with Gasteiger partial charge in [-0.2, -0.15) is 0 Å². The van der Waals surface area contributed by atoms with Gasteiger partial charge in [0.15, 0.2) is 12.4 Å². The number of hydrogen-bond donors (Lipinski definition) is 7. The van der Waals surface area contributed by atoms with E-state index in [1.54, 1.807) is 20.8 Å². The molecule has 0 amide bonds. The molecule has 2 aliphatic heterocycles. The summed E-state index contributed by atoms with van der Waals surface area (Å²) >= 11 is 0. The van der Waals surface area contributed by atoms with Gasteiger partial charge in [0.1, 0.15) is 41.9 Å². The van der Waals surface area contributed by atoms with Crippen LogP contribution < -0.4 is 0 Å². The maximum absolute atomic E-state index is 14.8. The minimum Gasteiger partial charge on any atom is -0.481 e. The normalized spacial score (nSPS) is 42.7. The van der Waals surface area contributed by atoms with Gasteiger partial charge in [-0.3, -0.25) is 14.4 Å². The van der Waals surface area contributed by atoms with Gasteiger partial charge >= 0.3 is 17.9 Å². The van der Waals surface area contributed by atoms with Crippen molar-refractivity contribution in [2.24, 2.45) is 28.1 Å². The third kappa shape index (κ3) is 5.59. The monoisotopic (exact) mass is 712 g/mol. The van der Waals surface area contributed by atoms with E-state index in [1.165, 1.54) is 32.4 Å². The van der Waals surface area contributed by atoms with Crippen LogP contribution in [0.4, 0.5) is 0 Å². The standard InChI is InChI=1S/C34H48O16/c1-15(36)47-21(12-22(38)39)32(5)18-7-9-31(4,34(27(50-34)28(43)44)33(18,6)20(37)11-19(32)30(2,3)45)26(16-8-10-46-14-16)49-29-25(42)24(41)23(40)17(13-35)48-29/h8,10,14,17-19,21,23-27,29,35,40-42,45H,7,9,11-13H2,1-6H3,(H,38,39)(H,43,44)/t17-,18-,19+,21+,23-,24+,25-,26+,27+,29+,31+,32-,33+,34-/m1/s1. The van der Waals surface area contributed by atoms with E-state index in [9.17, 15) is 54.9 Å². The molecule has 16 nitrogen and oxygen atoms in total. The number of Topliss-reactive ketones (excluding diaryl/α,β-unsaturated/α-hetero) is 1. The van der Waals surface area contributed by atoms with Crippen LogP contribution in [0.5, 0.6) is 0 Å². The molecular weight excluding hydrogens is 664 g/mol. The highest BCUT2D eigenvalue weighted by Gasteiger charge is 2.86. The molecule has 16 heteroatoms. The van der Waals surface area contributed by atoms with Crippen molar-refractivity contribution in [3.05, 3.63) is 24.2 Å². The molecule has 1 aromatic heterocycles. The third-order valence-electron chi connectivity index (χ3n) is 12.3. The second-order valence-corrected chi connectivity index (χ2v) is 15.4. The Labute approximate surface area is 288 Å². The third-order valence-corrected chi connectivity index (χ3v) is 12.3. The molecule has 14 atom stereocenters. The summed E-state index contributed by atoms with van der Waals surface area (Å²) in [6, 6.07) is 1.53. The summed E-state index contributed by atoms with van der Waals surface area (Å²) in [6.45, 7) is 8.24. The fourth-order valence-electron chi connectivity index (χ4n) is 10.0. The van der Waals surface area contributed by atoms with Gasteiger partial charge in [0.05, 0.1) is 42.7 Å². The van der Waals surface area contributed by atoms with E-state index in [4.69, 9.17) is 23.4 Å². The van der Waals surface area contributed by atoms with Gasteiger partial charge in [-0.05, 0) is 45.6 Å². The average molecular weight is 713 g/mol. The minimum absolute atomic E-state index is 0.0472. The number of furan rings is 1. The van der Waals surface area contributed by atoms with E-state index in [-0.39, 0.29) is 19.3 Å². The lowest BCUT2D eigenvalue weighted by molar-refractivity contribution is -0.329. The molecule has 2 aliphatic carbocycles. The zero-order chi connectivity index (χ0) is 37.4. The van der Waals surface area contributed by atoms with Crippen molar-refractivity contribution in [2.75, 3.05) is 6.61 Å². The van der Waals surface area contributed by atoms with Crippen LogP contribution in [-0.4, -0.2) is 120 Å². The molecule has 4 aliphatic rings. The molecule has 0 unspecified atom stereocenters. The molecule has 50 heavy (non-hydrogen) atoms. The number of carbonyl (C=O) groups is 4. The molecule has 2 saturated carbocycles. The fourth-order valence-corrected chi connectivity index (χ4v) is 10.0. The first kappa shape index (κ1) is 38.3. The maximum Gasteiger partial charge on any atom is 0.335 e. The number of esters is 1. The highest BCUT2D eigenvalue weighted by atomic mass is 16.7. The zero-order valence-corrected chi connectivity index (χ0v) is 28.8. The first-order valence-corrected chi connectivity index (χ1v) is 16.7. The molecule has 7 N–H and O–H groups in total. The van der Waals surface area contributed by atoms with E-state index < -0.39 is 125 Å². The Bertz CT molecular complexity index is 1450. The number of carboxylic acid groups (broad SMARTS) is 2. The first-order valence-electron chi connectivity index (χ1n) is 16.7. The van der Waals surface area contributed by atoms with E-state index >= 15 is 0 Å². The van der Waals surface area contributed by atoms with E-state index in [1.807, 2.05) is 0 Å². The number of carboxylic acids is 2. The molecular formula is C34H48O16. The average Bonchev–Trinajstić information content (AvgIpc) is 3.58. The smallest absolute Gasteiger partial charge is 0.335 e. The molecule has 1 spiro atoms. The van der Waals surface area contributed by atoms with Crippen LogP contribution in [0.15, 0.2) is 23.0 Å². The van der Waals surface area contributed by atoms with Crippen molar-refractivity contribution in [1.82, 2.24) is 0 Å². The topological polar surface area (TPSA) is 263 Å². The number of hydrogen-bond acceptors (Lipinski definition) is 14. The molecule has 280 valence electrons. The van der Waals surface area contributed by atoms with Crippen molar-refractivity contribution in [1.29, 1.82) is 0 Å². The quantitative estimate of drug-likeness (QED) is 0.122. The molecule has 1 aromatic rings. The predicted molar refractivity (Wildman–Crippen MR) is 166 cm³/mol. The zero-order valence-electron chi connectivity index (χ0n) is 28.8. The summed E-state index contributed by atoms with van der Waals surface area (Å²) in [6.07, 6.45) is -10.7. The van der Waals surface area contributed by atoms with Gasteiger partial charge < -0.3 is 59.1 Å². The van der Waals surface area contributed by atoms with Gasteiger partial charge in [0.25, 0.3) is 0 Å². The summed E-state index contributed by atoms with van der Waals surface area (Å²) < 4.78 is 29.4. The number of carbonyl (C=O) groups excluding carboxylic acids is 2. The van der Waals surface area contributed by atoms with Gasteiger partial charge in [-0.1, -0.05) is 13.8 Å². The van der Waals surface area contributed by atoms with E-state index in [0.29, 0.717) is 5.56 Å². The number of ketones is 1. The minimum atomic E-state index is -1.88. The summed E-state index contributed by atoms with van der Waals surface area (Å²) in [4.78, 5) is 52.3. The van der Waals surface area contributed by atoms with Gasteiger partial charge in [-0.25, -0.2) is 4.79 Å². The molecule has 5 rings (SSSR count). The highest BCUT2D eigenvalue weighted by Crippen LogP contribution is 2.77. The summed E-state index contributed by atoms with van der Waals surface area (Å²) in [5.74, 6) is -5.77. The Balaban J connectivity index is 1.70. The molecule has 0 aromatic carbocycles. The van der Waals surface area contributed by atoms with Crippen molar-refractivity contribution in [2.45, 2.75) is 127 Å². The van der Waals surface area contributed by atoms with E-state index in [2.05, 4.69) is 0 Å². The summed E-state index contributed by atoms with van der Waals surface area (Å²) in [5, 5.41) is 73.6. The second kappa shape index (κ2) is 12.9. The Morgan fingerprint density at radius 3 is 2.24 bits per heavy atom. The van der Waals surface area contributed by atoms with Crippen LogP contribution in [0.25, 0.3) is 0 Å². The van der Waals surface area contributed by atoms with Crippen LogP contribution in [0.2, 0.25) is 0 Å². The Morgan fingerprint density at radius 2 is 1.74 bits per heavy atom. The molecule has 0 bridgehead atoms. The van der Waals surface area contributed by atoms with Crippen LogP contribution in [0.3, 0.4) is 0 Å². The number of aliphatic carboxylic acids is 2. The summed E-state index contributed by atoms with van der Waals surface area (Å²) in [7, 11) is 0. The number of rotatable bonds is 11. The van der Waals surface area contributed by atoms with Crippen molar-refractivity contribution < 1.29 is 78.3 Å². The lowest BCUT2D eigenvalue weighted by Gasteiger charge is -2.66. The van der Waals surface area contributed by atoms with Crippen LogP contribution in [0, 0.1) is 28.1 Å². The number of aliphatic hydroxyl groups is 5. The molecule has 3 heterocycles. The number of epoxide rings is 1. The van der Waals surface area contributed by atoms with Crippen molar-refractivity contribution in [3.63, 3.8) is 0 Å². The van der Waals surface area contributed by atoms with E-state index in [0.717, 1.165) is 6.92 Å². The largest absolute Gasteiger partial charge is 0.481 e. The van der Waals surface area contributed by atoms with Crippen LogP contribution >= 0.6 is 0 Å². The molecule has 2 saturated heterocycles. The van der Waals surface area contributed by atoms with Crippen LogP contribution in [-0.2, 0) is 38.1 Å². The second-order valence-electron chi connectivity index (χ2n) is 15.4. The molecule has 4 fully saturated rings. The lowest BCUT2D eigenvalue weighted by Crippen LogP contribution is -2.72. The van der Waals surface area contributed by atoms with Crippen LogP contribution in [0.1, 0.15) is 78.9 Å². The number of aliphatic hydroxyl groups excluding tert-OH is 4. The van der Waals surface area contributed by atoms with Gasteiger partial charge in [0.2, 0.25) is 0 Å². The molecule has 0 radical (unpaired) electrons. The van der Waals surface area contributed by atoms with Gasteiger partial charge in [0, 0.05) is 35.7 Å². The number of fused-ring (bicyclic) bond motifs is 2. The lowest BCUT2D eigenvalue weighted by atomic mass is 9.37. The Morgan fingerprint density at radius 1 is 1.08 bits per heavy atom. The maximum atomic E-state index is 14.8. The summed E-state index contributed by atoms with van der Waals surface area (Å²) in [5.41, 5.74) is -7.74. The van der Waals surface area contributed by atoms with Gasteiger partial charge in [-0.15, -0.1) is 0 Å². The fraction of sp³-hybridized carbons (Fsp3) is 0.765. The highest BCUT2D eigenvalue weighted by molar-refractivity contribution is 5.92. The first-order chi connectivity index (χ1) is 23.1. The van der Waals surface area contributed by atoms with Crippen molar-refractivity contribution in [3.8, 4) is 0 Å². The predicted octanol–water partition coefficient (Wildman–Crippen LogP) is 0.555. The SMILES string of the molecule is CC(=O)O[C@@H](CC(=O)O)[C@]1(C)[C@H]2CC[C@@](C)([C@@H](O[C@@H]3O[C@H](CO)[C@@H](O)[C@H](O)[C@H]3O)c3ccoc3)[C@@]3(O[C@H]3C(=O)O)[C@]2(C)C(=O)C[C@H]1C(C)(C)O. The number of ether oxygens (including phenoxy) is 4. The van der Waals surface area contributed by atoms with Crippen molar-refractivity contribution >= 4 is 23.7 Å².